The van der Waals surface area contributed by atoms with Crippen molar-refractivity contribution in [1.82, 2.24) is 0 Å². The smallest absolute Gasteiger partial charge is 0.298 e. The fraction of sp³-hybridized carbons (Fsp3) is 0.111. The Bertz CT molecular complexity index is 881. The number of hydrogen-bond acceptors (Lipinski definition) is 5. The monoisotopic (exact) mass is 359 g/mol. The van der Waals surface area contributed by atoms with E-state index < -0.39 is 17.0 Å². The zero-order valence-electron chi connectivity index (χ0n) is 13.5. The summed E-state index contributed by atoms with van der Waals surface area (Å²) in [5, 5.41) is -0.553. The maximum Gasteiger partial charge on any atom is 0.298 e. The van der Waals surface area contributed by atoms with Crippen LogP contribution in [0.3, 0.4) is 0 Å². The third-order valence-corrected chi connectivity index (χ3v) is 4.48. The van der Waals surface area contributed by atoms with Crippen LogP contribution in [-0.2, 0) is 4.79 Å². The molecule has 2 amide bonds. The molecule has 1 heterocycles. The lowest BCUT2D eigenvalue weighted by molar-refractivity contribution is -0.113. The highest BCUT2D eigenvalue weighted by molar-refractivity contribution is 8.19. The van der Waals surface area contributed by atoms with Gasteiger partial charge in [0.2, 0.25) is 0 Å². The van der Waals surface area contributed by atoms with Gasteiger partial charge in [0, 0.05) is 5.56 Å². The first-order valence-corrected chi connectivity index (χ1v) is 8.12. The summed E-state index contributed by atoms with van der Waals surface area (Å²) >= 11 is 0.748. The molecule has 1 saturated heterocycles. The number of carbonyl (C=O) groups is 2. The molecule has 2 aromatic carbocycles. The van der Waals surface area contributed by atoms with E-state index in [0.717, 1.165) is 16.7 Å². The summed E-state index contributed by atoms with van der Waals surface area (Å²) in [5.74, 6) is -0.262. The number of halogens is 1. The van der Waals surface area contributed by atoms with Crippen LogP contribution < -0.4 is 14.4 Å². The van der Waals surface area contributed by atoms with E-state index in [9.17, 15) is 14.0 Å². The highest BCUT2D eigenvalue weighted by Gasteiger charge is 2.37. The fourth-order valence-corrected chi connectivity index (χ4v) is 3.30. The maximum absolute atomic E-state index is 13.9. The van der Waals surface area contributed by atoms with Crippen molar-refractivity contribution < 1.29 is 23.5 Å². The van der Waals surface area contributed by atoms with Crippen molar-refractivity contribution in [1.29, 1.82) is 0 Å². The van der Waals surface area contributed by atoms with E-state index in [-0.39, 0.29) is 10.6 Å². The van der Waals surface area contributed by atoms with Crippen LogP contribution in [0, 0.1) is 5.82 Å². The van der Waals surface area contributed by atoms with Crippen LogP contribution in [0.5, 0.6) is 11.5 Å². The fourth-order valence-electron chi connectivity index (χ4n) is 2.48. The van der Waals surface area contributed by atoms with Crippen LogP contribution in [0.25, 0.3) is 6.08 Å². The standard InChI is InChI=1S/C18H14FNO4S/c1-23-14-9-5-6-11(16(14)24-2)10-15-17(21)20(18(22)25-15)13-8-4-3-7-12(13)19/h3-10H,1-2H3/b15-10-. The third-order valence-electron chi connectivity index (χ3n) is 3.61. The number of rotatable bonds is 4. The Morgan fingerprint density at radius 1 is 1.04 bits per heavy atom. The van der Waals surface area contributed by atoms with Gasteiger partial charge in [-0.3, -0.25) is 9.59 Å². The largest absolute Gasteiger partial charge is 0.493 e. The lowest BCUT2D eigenvalue weighted by Gasteiger charge is -2.13. The Labute approximate surface area is 148 Å². The molecular formula is C18H14FNO4S. The second-order valence-corrected chi connectivity index (χ2v) is 6.04. The van der Waals surface area contributed by atoms with Gasteiger partial charge in [-0.15, -0.1) is 0 Å². The molecule has 0 aliphatic carbocycles. The molecule has 7 heteroatoms. The molecule has 0 atom stereocenters. The molecule has 0 spiro atoms. The molecule has 2 aromatic rings. The molecule has 1 fully saturated rings. The number of methoxy groups -OCH3 is 2. The van der Waals surface area contributed by atoms with Gasteiger partial charge in [-0.25, -0.2) is 9.29 Å². The Balaban J connectivity index is 2.01. The lowest BCUT2D eigenvalue weighted by Crippen LogP contribution is -2.28. The van der Waals surface area contributed by atoms with Gasteiger partial charge in [-0.2, -0.15) is 0 Å². The highest BCUT2D eigenvalue weighted by atomic mass is 32.2. The average molecular weight is 359 g/mol. The van der Waals surface area contributed by atoms with Gasteiger partial charge in [-0.1, -0.05) is 24.3 Å². The van der Waals surface area contributed by atoms with Crippen molar-refractivity contribution >= 4 is 34.7 Å². The summed E-state index contributed by atoms with van der Waals surface area (Å²) in [6.45, 7) is 0. The van der Waals surface area contributed by atoms with Crippen LogP contribution in [0.15, 0.2) is 47.4 Å². The number of nitrogens with zero attached hydrogens (tertiary/aromatic N) is 1. The van der Waals surface area contributed by atoms with Crippen molar-refractivity contribution in [3.8, 4) is 11.5 Å². The van der Waals surface area contributed by atoms with E-state index in [1.54, 1.807) is 24.3 Å². The van der Waals surface area contributed by atoms with Gasteiger partial charge >= 0.3 is 0 Å². The summed E-state index contributed by atoms with van der Waals surface area (Å²) in [6, 6.07) is 10.9. The Hall–Kier alpha value is -2.80. The van der Waals surface area contributed by atoms with Gasteiger partial charge in [0.15, 0.2) is 11.5 Å². The molecule has 1 aliphatic rings. The number of imide groups is 1. The van der Waals surface area contributed by atoms with Gasteiger partial charge in [0.05, 0.1) is 24.8 Å². The first kappa shape index (κ1) is 17.0. The lowest BCUT2D eigenvalue weighted by atomic mass is 10.1. The quantitative estimate of drug-likeness (QED) is 0.770. The summed E-state index contributed by atoms with van der Waals surface area (Å²) < 4.78 is 24.5. The second-order valence-electron chi connectivity index (χ2n) is 5.05. The zero-order valence-corrected chi connectivity index (χ0v) is 14.3. The van der Waals surface area contributed by atoms with E-state index in [2.05, 4.69) is 0 Å². The van der Waals surface area contributed by atoms with E-state index >= 15 is 0 Å². The predicted molar refractivity (Wildman–Crippen MR) is 94.4 cm³/mol. The van der Waals surface area contributed by atoms with E-state index in [1.807, 2.05) is 0 Å². The van der Waals surface area contributed by atoms with E-state index in [0.29, 0.717) is 17.1 Å². The number of ether oxygens (including phenoxy) is 2. The molecule has 0 radical (unpaired) electrons. The predicted octanol–water partition coefficient (Wildman–Crippen LogP) is 4.08. The van der Waals surface area contributed by atoms with Crippen molar-refractivity contribution in [2.45, 2.75) is 0 Å². The number of benzene rings is 2. The van der Waals surface area contributed by atoms with Crippen LogP contribution in [0.4, 0.5) is 14.9 Å². The average Bonchev–Trinajstić information content (AvgIpc) is 2.89. The normalized spacial score (nSPS) is 15.8. The Morgan fingerprint density at radius 2 is 1.80 bits per heavy atom. The minimum atomic E-state index is -0.634. The van der Waals surface area contributed by atoms with Crippen molar-refractivity contribution in [2.75, 3.05) is 19.1 Å². The van der Waals surface area contributed by atoms with Crippen molar-refractivity contribution in [3.05, 3.63) is 58.8 Å². The number of hydrogen-bond donors (Lipinski definition) is 0. The molecule has 0 saturated carbocycles. The van der Waals surface area contributed by atoms with Crippen molar-refractivity contribution in [2.24, 2.45) is 0 Å². The summed E-state index contributed by atoms with van der Waals surface area (Å²) in [5.41, 5.74) is 0.520. The van der Waals surface area contributed by atoms with Gasteiger partial charge in [0.25, 0.3) is 11.1 Å². The first-order chi connectivity index (χ1) is 12.1. The van der Waals surface area contributed by atoms with Gasteiger partial charge < -0.3 is 9.47 Å². The number of para-hydroxylation sites is 2. The number of anilines is 1. The highest BCUT2D eigenvalue weighted by Crippen LogP contribution is 2.39. The number of amides is 2. The third kappa shape index (κ3) is 3.10. The molecule has 5 nitrogen and oxygen atoms in total. The molecule has 25 heavy (non-hydrogen) atoms. The van der Waals surface area contributed by atoms with Crippen molar-refractivity contribution in [3.63, 3.8) is 0 Å². The molecule has 3 rings (SSSR count). The number of carbonyl (C=O) groups excluding carboxylic acids is 2. The SMILES string of the molecule is COc1cccc(/C=C2\SC(=O)N(c3ccccc3F)C2=O)c1OC. The van der Waals surface area contributed by atoms with E-state index in [4.69, 9.17) is 9.47 Å². The van der Waals surface area contributed by atoms with Gasteiger partial charge in [-0.05, 0) is 36.0 Å². The molecule has 0 N–H and O–H groups in total. The van der Waals surface area contributed by atoms with Crippen LogP contribution in [0.1, 0.15) is 5.56 Å². The second kappa shape index (κ2) is 6.98. The summed E-state index contributed by atoms with van der Waals surface area (Å²) in [6.07, 6.45) is 1.53. The minimum absolute atomic E-state index is 0.0639. The summed E-state index contributed by atoms with van der Waals surface area (Å²) in [4.78, 5) is 25.8. The molecule has 0 aromatic heterocycles. The molecular weight excluding hydrogens is 345 g/mol. The summed E-state index contributed by atoms with van der Waals surface area (Å²) in [7, 11) is 2.99. The number of thioether (sulfide) groups is 1. The first-order valence-electron chi connectivity index (χ1n) is 7.30. The minimum Gasteiger partial charge on any atom is -0.493 e. The van der Waals surface area contributed by atoms with Crippen LogP contribution >= 0.6 is 11.8 Å². The van der Waals surface area contributed by atoms with Crippen LogP contribution in [-0.4, -0.2) is 25.4 Å². The zero-order chi connectivity index (χ0) is 18.0. The maximum atomic E-state index is 13.9. The molecule has 0 unspecified atom stereocenters. The molecule has 0 bridgehead atoms. The van der Waals surface area contributed by atoms with Crippen LogP contribution in [0.2, 0.25) is 0 Å². The molecule has 1 aliphatic heterocycles. The topological polar surface area (TPSA) is 55.8 Å². The Morgan fingerprint density at radius 3 is 2.48 bits per heavy atom. The van der Waals surface area contributed by atoms with Gasteiger partial charge in [0.1, 0.15) is 5.82 Å². The Kier molecular flexibility index (Phi) is 4.76. The van der Waals surface area contributed by atoms with E-state index in [1.165, 1.54) is 38.5 Å². The molecule has 128 valence electrons.